The van der Waals surface area contributed by atoms with Crippen molar-refractivity contribution in [3.63, 3.8) is 0 Å². The normalized spacial score (nSPS) is 13.2. The second kappa shape index (κ2) is 9.78. The van der Waals surface area contributed by atoms with Gasteiger partial charge >= 0.3 is 0 Å². The molecular weight excluding hydrogens is 436 g/mol. The van der Waals surface area contributed by atoms with Crippen molar-refractivity contribution in [2.24, 2.45) is 5.73 Å². The van der Waals surface area contributed by atoms with E-state index in [4.69, 9.17) is 37.0 Å². The van der Waals surface area contributed by atoms with E-state index in [9.17, 15) is 8.42 Å². The van der Waals surface area contributed by atoms with E-state index in [0.29, 0.717) is 9.44 Å². The van der Waals surface area contributed by atoms with Crippen LogP contribution >= 0.6 is 11.6 Å². The first-order valence-electron chi connectivity index (χ1n) is 8.53. The van der Waals surface area contributed by atoms with Crippen LogP contribution in [-0.4, -0.2) is 55.3 Å². The molecule has 1 aromatic heterocycles. The molecule has 2 atom stereocenters. The summed E-state index contributed by atoms with van der Waals surface area (Å²) in [6.07, 6.45) is 1.60. The fourth-order valence-electron chi connectivity index (χ4n) is 2.62. The quantitative estimate of drug-likeness (QED) is 0.290. The van der Waals surface area contributed by atoms with Gasteiger partial charge in [-0.1, -0.05) is 17.7 Å². The standard InChI is InChI=1S/C17H23ClN6O5S/c1-10(15(29-4)16-21-8-11(18)9-22-16)30(25,26)24(17(19)20)23-14-12(27-2)6-5-7-13(14)28-3/h5-10,15,23H,1-4H3,(H3,19,20)/t10-,15-/m0/s1. The number of anilines is 1. The van der Waals surface area contributed by atoms with Crippen LogP contribution in [0.1, 0.15) is 18.9 Å². The van der Waals surface area contributed by atoms with Crippen molar-refractivity contribution in [3.8, 4) is 11.5 Å². The van der Waals surface area contributed by atoms with E-state index >= 15 is 0 Å². The summed E-state index contributed by atoms with van der Waals surface area (Å²) in [5.41, 5.74) is 8.37. The van der Waals surface area contributed by atoms with Crippen LogP contribution in [0.4, 0.5) is 5.69 Å². The molecule has 164 valence electrons. The molecule has 0 bridgehead atoms. The first-order chi connectivity index (χ1) is 14.2. The van der Waals surface area contributed by atoms with Gasteiger partial charge in [0.2, 0.25) is 5.96 Å². The first kappa shape index (κ1) is 23.4. The molecule has 2 aromatic rings. The van der Waals surface area contributed by atoms with Gasteiger partial charge in [-0.2, -0.15) is 0 Å². The highest BCUT2D eigenvalue weighted by Crippen LogP contribution is 2.35. The SMILES string of the molecule is COc1cccc(OC)c1NN(C(=N)N)S(=O)(=O)[C@@H](C)[C@H](OC)c1ncc(Cl)cn1. The number of hydrogen-bond acceptors (Lipinski definition) is 9. The van der Waals surface area contributed by atoms with Gasteiger partial charge in [-0.25, -0.2) is 18.4 Å². The van der Waals surface area contributed by atoms with Crippen molar-refractivity contribution >= 4 is 33.3 Å². The number of sulfonamides is 1. The van der Waals surface area contributed by atoms with Gasteiger partial charge in [-0.3, -0.25) is 10.8 Å². The number of benzene rings is 1. The van der Waals surface area contributed by atoms with E-state index in [-0.39, 0.29) is 23.0 Å². The third kappa shape index (κ3) is 4.83. The third-order valence-corrected chi connectivity index (χ3v) is 6.34. The lowest BCUT2D eigenvalue weighted by Crippen LogP contribution is -2.50. The average Bonchev–Trinajstić information content (AvgIpc) is 2.72. The molecule has 0 amide bonds. The minimum absolute atomic E-state index is 0.108. The van der Waals surface area contributed by atoms with Crippen molar-refractivity contribution in [3.05, 3.63) is 41.4 Å². The second-order valence-corrected chi connectivity index (χ2v) is 8.54. The Bertz CT molecular complexity index is 966. The Morgan fingerprint density at radius 1 is 1.20 bits per heavy atom. The van der Waals surface area contributed by atoms with Crippen LogP contribution in [0.25, 0.3) is 0 Å². The number of nitrogens with two attached hydrogens (primary N) is 1. The molecule has 13 heteroatoms. The molecule has 0 unspecified atom stereocenters. The van der Waals surface area contributed by atoms with E-state index in [1.165, 1.54) is 40.6 Å². The highest BCUT2D eigenvalue weighted by atomic mass is 35.5. The lowest BCUT2D eigenvalue weighted by molar-refractivity contribution is 0.0940. The number of ether oxygens (including phenoxy) is 3. The van der Waals surface area contributed by atoms with Gasteiger partial charge in [0.25, 0.3) is 10.0 Å². The molecule has 0 saturated carbocycles. The molecule has 1 heterocycles. The topological polar surface area (TPSA) is 153 Å². The van der Waals surface area contributed by atoms with Crippen molar-refractivity contribution < 1.29 is 22.6 Å². The van der Waals surface area contributed by atoms with Gasteiger partial charge in [0, 0.05) is 19.5 Å². The van der Waals surface area contributed by atoms with Gasteiger partial charge in [0.15, 0.2) is 5.82 Å². The van der Waals surface area contributed by atoms with Crippen molar-refractivity contribution in [1.82, 2.24) is 14.4 Å². The second-order valence-electron chi connectivity index (χ2n) is 5.96. The number of para-hydroxylation sites is 1. The molecule has 0 fully saturated rings. The predicted molar refractivity (Wildman–Crippen MR) is 112 cm³/mol. The Morgan fingerprint density at radius 3 is 2.17 bits per heavy atom. The minimum Gasteiger partial charge on any atom is -0.494 e. The molecular formula is C17H23ClN6O5S. The Morgan fingerprint density at radius 2 is 1.73 bits per heavy atom. The zero-order chi connectivity index (χ0) is 22.5. The van der Waals surface area contributed by atoms with Crippen LogP contribution in [0.15, 0.2) is 30.6 Å². The highest BCUT2D eigenvalue weighted by Gasteiger charge is 2.39. The number of guanidine groups is 1. The number of hydrogen-bond donors (Lipinski definition) is 3. The number of halogens is 1. The van der Waals surface area contributed by atoms with E-state index < -0.39 is 27.3 Å². The molecule has 0 spiro atoms. The molecule has 0 aliphatic heterocycles. The van der Waals surface area contributed by atoms with Gasteiger partial charge < -0.3 is 19.9 Å². The van der Waals surface area contributed by atoms with Crippen LogP contribution in [0, 0.1) is 5.41 Å². The summed E-state index contributed by atoms with van der Waals surface area (Å²) in [5.74, 6) is -0.0985. The van der Waals surface area contributed by atoms with Gasteiger partial charge in [0.05, 0.1) is 19.2 Å². The summed E-state index contributed by atoms with van der Waals surface area (Å²) in [7, 11) is -0.150. The number of nitrogens with one attached hydrogen (secondary N) is 2. The molecule has 0 radical (unpaired) electrons. The maximum Gasteiger partial charge on any atom is 0.260 e. The molecule has 11 nitrogen and oxygen atoms in total. The van der Waals surface area contributed by atoms with E-state index in [2.05, 4.69) is 15.4 Å². The fourth-order valence-corrected chi connectivity index (χ4v) is 4.09. The van der Waals surface area contributed by atoms with Gasteiger partial charge in [-0.15, -0.1) is 4.41 Å². The minimum atomic E-state index is -4.29. The maximum atomic E-state index is 13.3. The lowest BCUT2D eigenvalue weighted by atomic mass is 10.2. The van der Waals surface area contributed by atoms with Crippen LogP contribution in [0.5, 0.6) is 11.5 Å². The monoisotopic (exact) mass is 458 g/mol. The maximum absolute atomic E-state index is 13.3. The zero-order valence-corrected chi connectivity index (χ0v) is 18.4. The van der Waals surface area contributed by atoms with Gasteiger partial charge in [0.1, 0.15) is 28.5 Å². The number of hydrazine groups is 1. The summed E-state index contributed by atoms with van der Waals surface area (Å²) in [5, 5.41) is 6.88. The van der Waals surface area contributed by atoms with Crippen molar-refractivity contribution in [2.45, 2.75) is 18.3 Å². The van der Waals surface area contributed by atoms with Crippen LogP contribution in [0.3, 0.4) is 0 Å². The Kier molecular flexibility index (Phi) is 7.65. The summed E-state index contributed by atoms with van der Waals surface area (Å²) < 4.78 is 43.0. The van der Waals surface area contributed by atoms with Crippen molar-refractivity contribution in [1.29, 1.82) is 5.41 Å². The van der Waals surface area contributed by atoms with E-state index in [1.807, 2.05) is 0 Å². The number of rotatable bonds is 9. The largest absolute Gasteiger partial charge is 0.494 e. The van der Waals surface area contributed by atoms with Crippen LogP contribution in [0.2, 0.25) is 5.02 Å². The van der Waals surface area contributed by atoms with E-state index in [1.54, 1.807) is 18.2 Å². The number of aromatic nitrogens is 2. The van der Waals surface area contributed by atoms with Crippen molar-refractivity contribution in [2.75, 3.05) is 26.8 Å². The fraction of sp³-hybridized carbons (Fsp3) is 0.353. The number of methoxy groups -OCH3 is 3. The smallest absolute Gasteiger partial charge is 0.260 e. The van der Waals surface area contributed by atoms with E-state index in [0.717, 1.165) is 0 Å². The number of nitrogens with zero attached hydrogens (tertiary/aromatic N) is 3. The summed E-state index contributed by atoms with van der Waals surface area (Å²) in [6, 6.07) is 4.86. The predicted octanol–water partition coefficient (Wildman–Crippen LogP) is 1.78. The Balaban J connectivity index is 2.45. The van der Waals surface area contributed by atoms with Gasteiger partial charge in [-0.05, 0) is 19.1 Å². The first-order valence-corrected chi connectivity index (χ1v) is 10.4. The zero-order valence-electron chi connectivity index (χ0n) is 16.8. The molecule has 2 rings (SSSR count). The lowest BCUT2D eigenvalue weighted by Gasteiger charge is -2.30. The highest BCUT2D eigenvalue weighted by molar-refractivity contribution is 7.90. The summed E-state index contributed by atoms with van der Waals surface area (Å²) in [4.78, 5) is 8.06. The Labute approximate surface area is 179 Å². The molecule has 0 saturated heterocycles. The molecule has 4 N–H and O–H groups in total. The summed E-state index contributed by atoms with van der Waals surface area (Å²) in [6.45, 7) is 1.39. The molecule has 0 aliphatic carbocycles. The van der Waals surface area contributed by atoms with Crippen LogP contribution in [-0.2, 0) is 14.8 Å². The molecule has 0 aliphatic rings. The summed E-state index contributed by atoms with van der Waals surface area (Å²) >= 11 is 5.80. The molecule has 30 heavy (non-hydrogen) atoms. The average molecular weight is 459 g/mol. The third-order valence-electron chi connectivity index (χ3n) is 4.16. The Hall–Kier alpha value is -2.83. The van der Waals surface area contributed by atoms with Crippen LogP contribution < -0.4 is 20.6 Å². The molecule has 1 aromatic carbocycles.